The maximum Gasteiger partial charge on any atom is 0.414 e. The molecule has 1 unspecified atom stereocenters. The smallest absolute Gasteiger partial charge is 0.383 e. The molecule has 0 aromatic carbocycles. The Morgan fingerprint density at radius 1 is 1.36 bits per heavy atom. The van der Waals surface area contributed by atoms with E-state index in [2.05, 4.69) is 9.97 Å². The molecule has 0 spiro atoms. The Balaban J connectivity index is 2.75. The van der Waals surface area contributed by atoms with Crippen LogP contribution >= 0.6 is 0 Å². The van der Waals surface area contributed by atoms with Gasteiger partial charge in [0.1, 0.15) is 0 Å². The third-order valence-electron chi connectivity index (χ3n) is 1.75. The first-order valence-corrected chi connectivity index (χ1v) is 3.92. The number of hydrogen-bond acceptors (Lipinski definition) is 3. The van der Waals surface area contributed by atoms with Crippen molar-refractivity contribution in [2.24, 2.45) is 0 Å². The Bertz CT molecular complexity index is 314. The van der Waals surface area contributed by atoms with Crippen LogP contribution in [0.2, 0.25) is 0 Å². The van der Waals surface area contributed by atoms with Crippen molar-refractivity contribution in [1.82, 2.24) is 9.97 Å². The average molecular weight is 206 g/mol. The highest BCUT2D eigenvalue weighted by atomic mass is 19.4. The minimum Gasteiger partial charge on any atom is -0.383 e. The van der Waals surface area contributed by atoms with Gasteiger partial charge in [0.2, 0.25) is 0 Å². The number of halogens is 3. The monoisotopic (exact) mass is 206 g/mol. The normalized spacial score (nSPS) is 14.1. The van der Waals surface area contributed by atoms with Crippen molar-refractivity contribution in [3.05, 3.63) is 23.8 Å². The van der Waals surface area contributed by atoms with E-state index >= 15 is 0 Å². The average Bonchev–Trinajstić information content (AvgIpc) is 2.07. The van der Waals surface area contributed by atoms with Crippen LogP contribution in [0.5, 0.6) is 0 Å². The summed E-state index contributed by atoms with van der Waals surface area (Å²) < 4.78 is 35.9. The highest BCUT2D eigenvalue weighted by molar-refractivity contribution is 5.09. The van der Waals surface area contributed by atoms with Crippen LogP contribution in [0, 0.1) is 6.92 Å². The minimum atomic E-state index is -4.61. The summed E-state index contributed by atoms with van der Waals surface area (Å²) in [5.74, 6) is 0. The summed E-state index contributed by atoms with van der Waals surface area (Å²) in [5.41, 5.74) is 0.563. The van der Waals surface area contributed by atoms with Crippen molar-refractivity contribution >= 4 is 0 Å². The fourth-order valence-electron chi connectivity index (χ4n) is 0.936. The second kappa shape index (κ2) is 3.91. The van der Waals surface area contributed by atoms with Gasteiger partial charge in [0.05, 0.1) is 11.4 Å². The summed E-state index contributed by atoms with van der Waals surface area (Å²) in [5, 5.41) is 8.77. The zero-order valence-corrected chi connectivity index (χ0v) is 7.41. The molecule has 78 valence electrons. The second-order valence-corrected chi connectivity index (χ2v) is 2.85. The molecule has 1 rings (SSSR count). The Morgan fingerprint density at radius 2 is 1.93 bits per heavy atom. The van der Waals surface area contributed by atoms with Crippen LogP contribution < -0.4 is 0 Å². The lowest BCUT2D eigenvalue weighted by atomic mass is 10.1. The van der Waals surface area contributed by atoms with E-state index in [9.17, 15) is 13.2 Å². The van der Waals surface area contributed by atoms with Crippen molar-refractivity contribution in [1.29, 1.82) is 0 Å². The van der Waals surface area contributed by atoms with Gasteiger partial charge in [0, 0.05) is 18.8 Å². The predicted molar refractivity (Wildman–Crippen MR) is 42.5 cm³/mol. The first-order valence-electron chi connectivity index (χ1n) is 3.92. The van der Waals surface area contributed by atoms with Gasteiger partial charge in [-0.2, -0.15) is 13.2 Å². The van der Waals surface area contributed by atoms with Crippen LogP contribution in [0.25, 0.3) is 0 Å². The van der Waals surface area contributed by atoms with Gasteiger partial charge in [-0.1, -0.05) is 0 Å². The number of aryl methyl sites for hydroxylation is 1. The van der Waals surface area contributed by atoms with Gasteiger partial charge >= 0.3 is 6.18 Å². The van der Waals surface area contributed by atoms with E-state index in [1.807, 2.05) is 0 Å². The maximum absolute atomic E-state index is 12.0. The minimum absolute atomic E-state index is 0.164. The van der Waals surface area contributed by atoms with E-state index in [1.165, 1.54) is 12.4 Å². The number of aromatic nitrogens is 2. The quantitative estimate of drug-likeness (QED) is 0.792. The first-order chi connectivity index (χ1) is 6.41. The Kier molecular flexibility index (Phi) is 3.05. The summed E-state index contributed by atoms with van der Waals surface area (Å²) in [4.78, 5) is 7.48. The molecule has 0 aliphatic heterocycles. The molecule has 14 heavy (non-hydrogen) atoms. The highest BCUT2D eigenvalue weighted by Crippen LogP contribution is 2.22. The fourth-order valence-corrected chi connectivity index (χ4v) is 0.936. The number of nitrogens with zero attached hydrogens (tertiary/aromatic N) is 2. The Morgan fingerprint density at radius 3 is 2.43 bits per heavy atom. The zero-order chi connectivity index (χ0) is 10.8. The zero-order valence-electron chi connectivity index (χ0n) is 7.41. The molecule has 0 aliphatic rings. The molecular weight excluding hydrogens is 197 g/mol. The van der Waals surface area contributed by atoms with E-state index in [-0.39, 0.29) is 5.69 Å². The summed E-state index contributed by atoms with van der Waals surface area (Å²) in [6.45, 7) is 1.55. The van der Waals surface area contributed by atoms with Crippen molar-refractivity contribution in [3.63, 3.8) is 0 Å². The lowest BCUT2D eigenvalue weighted by Crippen LogP contribution is -2.31. The predicted octanol–water partition coefficient (Wildman–Crippen LogP) is 1.25. The van der Waals surface area contributed by atoms with Gasteiger partial charge < -0.3 is 5.11 Å². The van der Waals surface area contributed by atoms with Gasteiger partial charge in [0.15, 0.2) is 6.10 Å². The van der Waals surface area contributed by atoms with E-state index < -0.39 is 18.7 Å². The molecule has 1 heterocycles. The molecule has 6 heteroatoms. The highest BCUT2D eigenvalue weighted by Gasteiger charge is 2.38. The largest absolute Gasteiger partial charge is 0.414 e. The molecule has 0 saturated carbocycles. The SMILES string of the molecule is Cc1nccnc1CC(O)C(F)(F)F. The van der Waals surface area contributed by atoms with Crippen molar-refractivity contribution in [2.75, 3.05) is 0 Å². The van der Waals surface area contributed by atoms with E-state index in [1.54, 1.807) is 6.92 Å². The van der Waals surface area contributed by atoms with E-state index in [0.29, 0.717) is 5.69 Å². The molecule has 0 radical (unpaired) electrons. The molecule has 1 aromatic rings. The summed E-state index contributed by atoms with van der Waals surface area (Å²) >= 11 is 0. The van der Waals surface area contributed by atoms with Crippen LogP contribution in [0.15, 0.2) is 12.4 Å². The van der Waals surface area contributed by atoms with Gasteiger partial charge in [-0.05, 0) is 6.92 Å². The number of hydrogen-bond donors (Lipinski definition) is 1. The van der Waals surface area contributed by atoms with Crippen LogP contribution in [0.3, 0.4) is 0 Å². The molecule has 0 bridgehead atoms. The van der Waals surface area contributed by atoms with Crippen LogP contribution in [-0.2, 0) is 6.42 Å². The molecule has 0 aliphatic carbocycles. The number of aliphatic hydroxyl groups is 1. The third kappa shape index (κ3) is 2.66. The van der Waals surface area contributed by atoms with Gasteiger partial charge in [-0.25, -0.2) is 0 Å². The standard InChI is InChI=1S/C8H9F3N2O/c1-5-6(13-3-2-12-5)4-7(14)8(9,10)11/h2-3,7,14H,4H2,1H3. The number of aliphatic hydroxyl groups excluding tert-OH is 1. The second-order valence-electron chi connectivity index (χ2n) is 2.85. The summed E-state index contributed by atoms with van der Waals surface area (Å²) in [6.07, 6.45) is -4.85. The lowest BCUT2D eigenvalue weighted by Gasteiger charge is -2.14. The molecule has 1 atom stereocenters. The van der Waals surface area contributed by atoms with Crippen LogP contribution in [-0.4, -0.2) is 27.4 Å². The summed E-state index contributed by atoms with van der Waals surface area (Å²) in [7, 11) is 0. The molecule has 3 nitrogen and oxygen atoms in total. The van der Waals surface area contributed by atoms with E-state index in [4.69, 9.17) is 5.11 Å². The van der Waals surface area contributed by atoms with Crippen LogP contribution in [0.4, 0.5) is 13.2 Å². The Labute approximate surface area is 78.6 Å². The Hall–Kier alpha value is -1.17. The fraction of sp³-hybridized carbons (Fsp3) is 0.500. The van der Waals surface area contributed by atoms with Crippen molar-refractivity contribution in [2.45, 2.75) is 25.6 Å². The lowest BCUT2D eigenvalue weighted by molar-refractivity contribution is -0.203. The third-order valence-corrected chi connectivity index (χ3v) is 1.75. The molecule has 0 fully saturated rings. The van der Waals surface area contributed by atoms with Crippen molar-refractivity contribution < 1.29 is 18.3 Å². The van der Waals surface area contributed by atoms with E-state index in [0.717, 1.165) is 0 Å². The molecule has 0 amide bonds. The first kappa shape index (κ1) is 10.9. The molecule has 1 aromatic heterocycles. The van der Waals surface area contributed by atoms with Crippen LogP contribution in [0.1, 0.15) is 11.4 Å². The topological polar surface area (TPSA) is 46.0 Å². The number of alkyl halides is 3. The van der Waals surface area contributed by atoms with Crippen molar-refractivity contribution in [3.8, 4) is 0 Å². The van der Waals surface area contributed by atoms with Gasteiger partial charge in [-0.3, -0.25) is 9.97 Å². The van der Waals surface area contributed by atoms with Gasteiger partial charge in [-0.15, -0.1) is 0 Å². The summed E-state index contributed by atoms with van der Waals surface area (Å²) in [6, 6.07) is 0. The molecule has 1 N–H and O–H groups in total. The number of rotatable bonds is 2. The maximum atomic E-state index is 12.0. The molecular formula is C8H9F3N2O. The molecule has 0 saturated heterocycles. The van der Waals surface area contributed by atoms with Gasteiger partial charge in [0.25, 0.3) is 0 Å².